The molecule has 3 heterocycles. The highest BCUT2D eigenvalue weighted by Gasteiger charge is 2.23. The van der Waals surface area contributed by atoms with Gasteiger partial charge in [0.1, 0.15) is 23.2 Å². The van der Waals surface area contributed by atoms with Crippen LogP contribution in [-0.2, 0) is 17.8 Å². The van der Waals surface area contributed by atoms with E-state index >= 15 is 0 Å². The Balaban J connectivity index is 1.48. The zero-order valence-corrected chi connectivity index (χ0v) is 16.9. The summed E-state index contributed by atoms with van der Waals surface area (Å²) in [4.78, 5) is 35.9. The largest absolute Gasteiger partial charge is 0.357 e. The molecule has 0 spiro atoms. The number of rotatable bonds is 7. The fraction of sp³-hybridized carbons (Fsp3) is 0.174. The Hall–Kier alpha value is -3.94. The van der Waals surface area contributed by atoms with Gasteiger partial charge >= 0.3 is 0 Å². The molecule has 0 bridgehead atoms. The van der Waals surface area contributed by atoms with Crippen LogP contribution >= 0.6 is 0 Å². The first-order valence-electron chi connectivity index (χ1n) is 9.88. The Kier molecular flexibility index (Phi) is 5.79. The summed E-state index contributed by atoms with van der Waals surface area (Å²) in [6.45, 7) is 2.08. The number of aromatic amines is 2. The molecule has 4 aromatic rings. The van der Waals surface area contributed by atoms with Gasteiger partial charge in [-0.1, -0.05) is 12.1 Å². The van der Waals surface area contributed by atoms with Gasteiger partial charge in [0, 0.05) is 36.9 Å². The number of carbonyl (C=O) groups is 2. The van der Waals surface area contributed by atoms with Crippen molar-refractivity contribution in [2.45, 2.75) is 25.9 Å². The third-order valence-corrected chi connectivity index (χ3v) is 5.08. The van der Waals surface area contributed by atoms with E-state index in [1.54, 1.807) is 36.8 Å². The van der Waals surface area contributed by atoms with Crippen LogP contribution in [0.25, 0.3) is 11.0 Å². The van der Waals surface area contributed by atoms with Crippen LogP contribution in [0.3, 0.4) is 0 Å². The number of carbonyl (C=O) groups excluding carboxylic acids is 2. The molecule has 0 radical (unpaired) electrons. The average molecular weight is 419 g/mol. The molecular weight excluding hydrogens is 397 g/mol. The summed E-state index contributed by atoms with van der Waals surface area (Å²) < 4.78 is 13.3. The summed E-state index contributed by atoms with van der Waals surface area (Å²) in [6, 6.07) is 10.7. The van der Waals surface area contributed by atoms with E-state index < -0.39 is 6.04 Å². The van der Waals surface area contributed by atoms with Crippen LogP contribution in [0.4, 0.5) is 4.39 Å². The number of pyridine rings is 1. The van der Waals surface area contributed by atoms with Crippen LogP contribution in [0, 0.1) is 12.7 Å². The molecule has 4 N–H and O–H groups in total. The number of hydrogen-bond donors (Lipinski definition) is 4. The molecule has 7 nitrogen and oxygen atoms in total. The van der Waals surface area contributed by atoms with Crippen molar-refractivity contribution in [3.8, 4) is 0 Å². The molecule has 0 unspecified atom stereocenters. The molecular formula is C23H22FN5O2. The van der Waals surface area contributed by atoms with Crippen molar-refractivity contribution in [1.82, 2.24) is 25.6 Å². The van der Waals surface area contributed by atoms with Gasteiger partial charge in [0.15, 0.2) is 0 Å². The normalized spacial score (nSPS) is 11.9. The molecule has 8 heteroatoms. The van der Waals surface area contributed by atoms with E-state index in [2.05, 4.69) is 25.6 Å². The van der Waals surface area contributed by atoms with Gasteiger partial charge in [-0.15, -0.1) is 0 Å². The number of fused-ring (bicyclic) bond motifs is 1. The third-order valence-electron chi connectivity index (χ3n) is 5.08. The van der Waals surface area contributed by atoms with E-state index in [0.29, 0.717) is 5.69 Å². The summed E-state index contributed by atoms with van der Waals surface area (Å²) >= 11 is 0. The summed E-state index contributed by atoms with van der Waals surface area (Å²) in [5, 5.41) is 6.60. The van der Waals surface area contributed by atoms with Gasteiger partial charge in [-0.05, 0) is 53.9 Å². The van der Waals surface area contributed by atoms with E-state index in [1.807, 2.05) is 19.1 Å². The fourth-order valence-corrected chi connectivity index (χ4v) is 3.38. The summed E-state index contributed by atoms with van der Waals surface area (Å²) in [6.07, 6.45) is 5.39. The molecule has 0 saturated carbocycles. The first-order valence-corrected chi connectivity index (χ1v) is 9.88. The smallest absolute Gasteiger partial charge is 0.268 e. The SMILES string of the molecule is Cc1cc[nH]c1C(=O)N[C@@H](Cc1ccc(F)cc1)C(=O)NCc1cnc2[nH]ccc2c1. The highest BCUT2D eigenvalue weighted by molar-refractivity contribution is 5.97. The average Bonchev–Trinajstić information content (AvgIpc) is 3.41. The minimum atomic E-state index is -0.829. The number of aromatic nitrogens is 3. The summed E-state index contributed by atoms with van der Waals surface area (Å²) in [5.41, 5.74) is 3.54. The second kappa shape index (κ2) is 8.83. The molecule has 0 aliphatic rings. The van der Waals surface area contributed by atoms with Crippen molar-refractivity contribution in [3.05, 3.63) is 89.3 Å². The predicted octanol–water partition coefficient (Wildman–Crippen LogP) is 3.00. The van der Waals surface area contributed by atoms with Gasteiger partial charge in [0.05, 0.1) is 0 Å². The minimum Gasteiger partial charge on any atom is -0.357 e. The van der Waals surface area contributed by atoms with E-state index in [1.165, 1.54) is 12.1 Å². The first kappa shape index (κ1) is 20.3. The first-order chi connectivity index (χ1) is 15.0. The standard InChI is InChI=1S/C23H22FN5O2/c1-14-6-8-25-20(14)23(31)29-19(11-15-2-4-18(24)5-3-15)22(30)28-13-16-10-17-7-9-26-21(17)27-12-16/h2-10,12,19,25H,11,13H2,1H3,(H,26,27)(H,28,30)(H,29,31)/t19-/m0/s1. The molecule has 3 aromatic heterocycles. The van der Waals surface area contributed by atoms with Crippen molar-refractivity contribution in [1.29, 1.82) is 0 Å². The molecule has 31 heavy (non-hydrogen) atoms. The lowest BCUT2D eigenvalue weighted by atomic mass is 10.0. The topological polar surface area (TPSA) is 103 Å². The second-order valence-electron chi connectivity index (χ2n) is 7.37. The molecule has 4 rings (SSSR count). The van der Waals surface area contributed by atoms with Gasteiger partial charge in [-0.2, -0.15) is 0 Å². The number of amides is 2. The number of hydrogen-bond acceptors (Lipinski definition) is 3. The Morgan fingerprint density at radius 2 is 1.84 bits per heavy atom. The van der Waals surface area contributed by atoms with Gasteiger partial charge < -0.3 is 20.6 Å². The highest BCUT2D eigenvalue weighted by atomic mass is 19.1. The number of nitrogens with one attached hydrogen (secondary N) is 4. The molecule has 0 aliphatic heterocycles. The van der Waals surface area contributed by atoms with Crippen LogP contribution in [0.1, 0.15) is 27.2 Å². The van der Waals surface area contributed by atoms with E-state index in [4.69, 9.17) is 0 Å². The maximum atomic E-state index is 13.3. The number of H-pyrrole nitrogens is 2. The van der Waals surface area contributed by atoms with Crippen molar-refractivity contribution in [2.24, 2.45) is 0 Å². The van der Waals surface area contributed by atoms with Crippen molar-refractivity contribution in [2.75, 3.05) is 0 Å². The number of aryl methyl sites for hydroxylation is 1. The molecule has 2 amide bonds. The van der Waals surface area contributed by atoms with Crippen LogP contribution in [0.2, 0.25) is 0 Å². The zero-order valence-electron chi connectivity index (χ0n) is 16.9. The van der Waals surface area contributed by atoms with Crippen molar-refractivity contribution < 1.29 is 14.0 Å². The van der Waals surface area contributed by atoms with Crippen LogP contribution < -0.4 is 10.6 Å². The molecule has 1 aromatic carbocycles. The maximum Gasteiger partial charge on any atom is 0.268 e. The third kappa shape index (κ3) is 4.80. The van der Waals surface area contributed by atoms with Gasteiger partial charge in [0.25, 0.3) is 5.91 Å². The maximum absolute atomic E-state index is 13.3. The monoisotopic (exact) mass is 419 g/mol. The molecule has 158 valence electrons. The van der Waals surface area contributed by atoms with E-state index in [9.17, 15) is 14.0 Å². The Morgan fingerprint density at radius 3 is 2.58 bits per heavy atom. The highest BCUT2D eigenvalue weighted by Crippen LogP contribution is 2.12. The van der Waals surface area contributed by atoms with Gasteiger partial charge in [0.2, 0.25) is 5.91 Å². The van der Waals surface area contributed by atoms with E-state index in [-0.39, 0.29) is 30.6 Å². The summed E-state index contributed by atoms with van der Waals surface area (Å²) in [7, 11) is 0. The minimum absolute atomic E-state index is 0.229. The lowest BCUT2D eigenvalue weighted by Gasteiger charge is -2.19. The van der Waals surface area contributed by atoms with Crippen LogP contribution in [0.5, 0.6) is 0 Å². The van der Waals surface area contributed by atoms with Gasteiger partial charge in [-0.3, -0.25) is 9.59 Å². The Bertz CT molecular complexity index is 1210. The molecule has 0 saturated heterocycles. The molecule has 0 aliphatic carbocycles. The quantitative estimate of drug-likeness (QED) is 0.370. The zero-order chi connectivity index (χ0) is 21.8. The van der Waals surface area contributed by atoms with Crippen LogP contribution in [-0.4, -0.2) is 32.8 Å². The molecule has 0 fully saturated rings. The van der Waals surface area contributed by atoms with Crippen molar-refractivity contribution >= 4 is 22.8 Å². The lowest BCUT2D eigenvalue weighted by molar-refractivity contribution is -0.123. The molecule has 1 atom stereocenters. The lowest BCUT2D eigenvalue weighted by Crippen LogP contribution is -2.48. The van der Waals surface area contributed by atoms with Gasteiger partial charge in [-0.25, -0.2) is 9.37 Å². The second-order valence-corrected chi connectivity index (χ2v) is 7.37. The van der Waals surface area contributed by atoms with Crippen molar-refractivity contribution in [3.63, 3.8) is 0 Å². The summed E-state index contributed by atoms with van der Waals surface area (Å²) in [5.74, 6) is -1.07. The number of benzene rings is 1. The fourth-order valence-electron chi connectivity index (χ4n) is 3.38. The number of nitrogens with zero attached hydrogens (tertiary/aromatic N) is 1. The van der Waals surface area contributed by atoms with Crippen LogP contribution in [0.15, 0.2) is 61.1 Å². The number of halogens is 1. The van der Waals surface area contributed by atoms with E-state index in [0.717, 1.165) is 27.7 Å². The Morgan fingerprint density at radius 1 is 1.06 bits per heavy atom. The predicted molar refractivity (Wildman–Crippen MR) is 115 cm³/mol. The Labute approximate surface area is 178 Å².